The Labute approximate surface area is 119 Å². The zero-order valence-electron chi connectivity index (χ0n) is 11.6. The summed E-state index contributed by atoms with van der Waals surface area (Å²) in [5.41, 5.74) is 3.11. The van der Waals surface area contributed by atoms with Gasteiger partial charge in [0.15, 0.2) is 0 Å². The normalized spacial score (nSPS) is 27.6. The van der Waals surface area contributed by atoms with Gasteiger partial charge in [-0.1, -0.05) is 0 Å². The molecular formula is C14H23N3OS. The van der Waals surface area contributed by atoms with Gasteiger partial charge in [0.05, 0.1) is 23.9 Å². The van der Waals surface area contributed by atoms with Crippen molar-refractivity contribution in [3.05, 3.63) is 16.1 Å². The second-order valence-corrected chi connectivity index (χ2v) is 6.50. The van der Waals surface area contributed by atoms with E-state index in [2.05, 4.69) is 22.1 Å². The predicted octanol–water partition coefficient (Wildman–Crippen LogP) is 1.45. The Morgan fingerprint density at radius 2 is 2.53 bits per heavy atom. The monoisotopic (exact) mass is 281 g/mol. The van der Waals surface area contributed by atoms with Crippen LogP contribution in [0.5, 0.6) is 0 Å². The molecule has 2 atom stereocenters. The molecule has 1 aromatic rings. The van der Waals surface area contributed by atoms with Gasteiger partial charge in [0.1, 0.15) is 0 Å². The highest BCUT2D eigenvalue weighted by Crippen LogP contribution is 2.22. The summed E-state index contributed by atoms with van der Waals surface area (Å²) in [5.74, 6) is 0. The molecule has 2 aliphatic rings. The van der Waals surface area contributed by atoms with Crippen LogP contribution in [0.3, 0.4) is 0 Å². The van der Waals surface area contributed by atoms with Crippen LogP contribution in [0.4, 0.5) is 0 Å². The van der Waals surface area contributed by atoms with Crippen LogP contribution in [0.2, 0.25) is 0 Å². The fourth-order valence-electron chi connectivity index (χ4n) is 3.04. The van der Waals surface area contributed by atoms with E-state index in [-0.39, 0.29) is 0 Å². The van der Waals surface area contributed by atoms with Crippen LogP contribution in [0.15, 0.2) is 5.51 Å². The third-order valence-corrected chi connectivity index (χ3v) is 5.20. The Hall–Kier alpha value is -0.490. The van der Waals surface area contributed by atoms with Gasteiger partial charge >= 0.3 is 0 Å². The van der Waals surface area contributed by atoms with Crippen LogP contribution >= 0.6 is 11.3 Å². The van der Waals surface area contributed by atoms with Gasteiger partial charge in [0.25, 0.3) is 0 Å². The van der Waals surface area contributed by atoms with Crippen molar-refractivity contribution >= 4 is 11.3 Å². The zero-order chi connectivity index (χ0) is 13.1. The quantitative estimate of drug-likeness (QED) is 0.829. The Kier molecular flexibility index (Phi) is 4.48. The maximum absolute atomic E-state index is 5.94. The van der Waals surface area contributed by atoms with Crippen molar-refractivity contribution in [2.45, 2.75) is 38.3 Å². The molecule has 0 aliphatic carbocycles. The molecule has 1 N–H and O–H groups in total. The lowest BCUT2D eigenvalue weighted by molar-refractivity contribution is -0.0468. The first kappa shape index (κ1) is 13.5. The lowest BCUT2D eigenvalue weighted by Gasteiger charge is -2.35. The van der Waals surface area contributed by atoms with Crippen molar-refractivity contribution in [2.24, 2.45) is 0 Å². The number of aryl methyl sites for hydroxylation is 1. The van der Waals surface area contributed by atoms with E-state index in [9.17, 15) is 0 Å². The first-order valence-corrected chi connectivity index (χ1v) is 8.16. The summed E-state index contributed by atoms with van der Waals surface area (Å²) in [4.78, 5) is 8.28. The summed E-state index contributed by atoms with van der Waals surface area (Å²) in [5, 5.41) is 3.53. The number of ether oxygens (including phenoxy) is 1. The molecule has 2 aliphatic heterocycles. The average molecular weight is 281 g/mol. The summed E-state index contributed by atoms with van der Waals surface area (Å²) in [6.45, 7) is 7.39. The van der Waals surface area contributed by atoms with E-state index in [0.29, 0.717) is 12.1 Å². The molecule has 3 rings (SSSR count). The summed E-state index contributed by atoms with van der Waals surface area (Å²) in [6.07, 6.45) is 4.12. The molecule has 0 amide bonds. The number of nitrogens with zero attached hydrogens (tertiary/aromatic N) is 2. The summed E-state index contributed by atoms with van der Waals surface area (Å²) >= 11 is 1.76. The number of nitrogens with one attached hydrogen (secondary N) is 1. The lowest BCUT2D eigenvalue weighted by atomic mass is 10.2. The maximum Gasteiger partial charge on any atom is 0.0826 e. The minimum absolute atomic E-state index is 0.372. The molecule has 1 aromatic heterocycles. The van der Waals surface area contributed by atoms with Crippen LogP contribution in [0.1, 0.15) is 23.4 Å². The fraction of sp³-hybridized carbons (Fsp3) is 0.786. The lowest BCUT2D eigenvalue weighted by Crippen LogP contribution is -2.49. The molecule has 2 fully saturated rings. The third kappa shape index (κ3) is 3.34. The largest absolute Gasteiger partial charge is 0.374 e. The van der Waals surface area contributed by atoms with Crippen molar-refractivity contribution in [3.8, 4) is 0 Å². The van der Waals surface area contributed by atoms with Gasteiger partial charge in [-0.2, -0.15) is 0 Å². The summed E-state index contributed by atoms with van der Waals surface area (Å²) in [6, 6.07) is 0.705. The predicted molar refractivity (Wildman–Crippen MR) is 77.8 cm³/mol. The second-order valence-electron chi connectivity index (χ2n) is 5.56. The second kappa shape index (κ2) is 6.31. The number of morpholine rings is 1. The number of hydrogen-bond donors (Lipinski definition) is 1. The molecule has 0 bridgehead atoms. The highest BCUT2D eigenvalue weighted by molar-refractivity contribution is 7.09. The van der Waals surface area contributed by atoms with Crippen LogP contribution in [-0.2, 0) is 11.2 Å². The molecular weight excluding hydrogens is 258 g/mol. The Morgan fingerprint density at radius 3 is 3.37 bits per heavy atom. The van der Waals surface area contributed by atoms with Gasteiger partial charge in [-0.3, -0.25) is 4.90 Å². The van der Waals surface area contributed by atoms with Crippen LogP contribution in [0.25, 0.3) is 0 Å². The number of aromatic nitrogens is 1. The molecule has 3 heterocycles. The van der Waals surface area contributed by atoms with Gasteiger partial charge < -0.3 is 10.1 Å². The van der Waals surface area contributed by atoms with E-state index in [4.69, 9.17) is 4.74 Å². The first-order chi connectivity index (χ1) is 9.33. The van der Waals surface area contributed by atoms with Crippen LogP contribution in [-0.4, -0.2) is 54.8 Å². The van der Waals surface area contributed by atoms with E-state index < -0.39 is 0 Å². The fourth-order valence-corrected chi connectivity index (χ4v) is 3.82. The topological polar surface area (TPSA) is 37.4 Å². The van der Waals surface area contributed by atoms with Crippen molar-refractivity contribution in [1.82, 2.24) is 15.2 Å². The molecule has 106 valence electrons. The van der Waals surface area contributed by atoms with Crippen molar-refractivity contribution in [1.29, 1.82) is 0 Å². The van der Waals surface area contributed by atoms with Crippen molar-refractivity contribution in [3.63, 3.8) is 0 Å². The minimum Gasteiger partial charge on any atom is -0.374 e. The van der Waals surface area contributed by atoms with E-state index >= 15 is 0 Å². The zero-order valence-corrected chi connectivity index (χ0v) is 12.4. The third-order valence-electron chi connectivity index (χ3n) is 4.21. The number of hydrogen-bond acceptors (Lipinski definition) is 5. The SMILES string of the molecule is Cc1ncsc1CCNCC1CN2CCCC2CO1. The van der Waals surface area contributed by atoms with Gasteiger partial charge in [-0.05, 0) is 32.7 Å². The first-order valence-electron chi connectivity index (χ1n) is 7.28. The Balaban J connectivity index is 1.35. The Bertz CT molecular complexity index is 409. The smallest absolute Gasteiger partial charge is 0.0826 e. The van der Waals surface area contributed by atoms with Gasteiger partial charge in [0.2, 0.25) is 0 Å². The Morgan fingerprint density at radius 1 is 1.58 bits per heavy atom. The highest BCUT2D eigenvalue weighted by atomic mass is 32.1. The number of fused-ring (bicyclic) bond motifs is 1. The van der Waals surface area contributed by atoms with E-state index in [1.165, 1.54) is 30.0 Å². The van der Waals surface area contributed by atoms with Gasteiger partial charge in [-0.25, -0.2) is 4.98 Å². The molecule has 2 unspecified atom stereocenters. The molecule has 0 spiro atoms. The standard InChI is InChI=1S/C14H23N3OS/c1-11-14(19-10-16-11)4-5-15-7-13-8-17-6-2-3-12(17)9-18-13/h10,12-13,15H,2-9H2,1H3. The van der Waals surface area contributed by atoms with E-state index in [1.807, 2.05) is 5.51 Å². The number of thiazole rings is 1. The number of rotatable bonds is 5. The van der Waals surface area contributed by atoms with E-state index in [1.54, 1.807) is 11.3 Å². The van der Waals surface area contributed by atoms with Crippen molar-refractivity contribution in [2.75, 3.05) is 32.8 Å². The molecule has 0 radical (unpaired) electrons. The van der Waals surface area contributed by atoms with Gasteiger partial charge in [0, 0.05) is 30.6 Å². The molecule has 4 nitrogen and oxygen atoms in total. The molecule has 5 heteroatoms. The maximum atomic E-state index is 5.94. The molecule has 0 aromatic carbocycles. The average Bonchev–Trinajstić information content (AvgIpc) is 3.03. The van der Waals surface area contributed by atoms with Gasteiger partial charge in [-0.15, -0.1) is 11.3 Å². The summed E-state index contributed by atoms with van der Waals surface area (Å²) in [7, 11) is 0. The highest BCUT2D eigenvalue weighted by Gasteiger charge is 2.31. The molecule has 19 heavy (non-hydrogen) atoms. The molecule has 0 saturated carbocycles. The van der Waals surface area contributed by atoms with E-state index in [0.717, 1.165) is 32.7 Å². The molecule has 2 saturated heterocycles. The summed E-state index contributed by atoms with van der Waals surface area (Å²) < 4.78 is 5.94. The minimum atomic E-state index is 0.372. The van der Waals surface area contributed by atoms with Crippen LogP contribution in [0, 0.1) is 6.92 Å². The van der Waals surface area contributed by atoms with Crippen LogP contribution < -0.4 is 5.32 Å². The van der Waals surface area contributed by atoms with Crippen molar-refractivity contribution < 1.29 is 4.74 Å².